The Morgan fingerprint density at radius 1 is 1.12 bits per heavy atom. The minimum atomic E-state index is -0.0592. The number of aromatic nitrogens is 4. The lowest BCUT2D eigenvalue weighted by Crippen LogP contribution is -2.20. The zero-order chi connectivity index (χ0) is 18.1. The van der Waals surface area contributed by atoms with Gasteiger partial charge in [0, 0.05) is 38.2 Å². The van der Waals surface area contributed by atoms with E-state index in [4.69, 9.17) is 0 Å². The lowest BCUT2D eigenvalue weighted by atomic mass is 10.0. The number of hydrogen-bond acceptors (Lipinski definition) is 3. The van der Waals surface area contributed by atoms with Crippen molar-refractivity contribution in [1.29, 1.82) is 0 Å². The summed E-state index contributed by atoms with van der Waals surface area (Å²) in [6.45, 7) is 0. The Kier molecular flexibility index (Phi) is 4.01. The third-order valence-electron chi connectivity index (χ3n) is 4.32. The van der Waals surface area contributed by atoms with Gasteiger partial charge in [0.15, 0.2) is 0 Å². The first-order chi connectivity index (χ1) is 12.6. The quantitative estimate of drug-likeness (QED) is 0.618. The number of rotatable bonds is 4. The van der Waals surface area contributed by atoms with Crippen LogP contribution in [0.4, 0.5) is 0 Å². The SMILES string of the molecule is CNC(=O)Cc1cn2cc(-c3ccccc3)cc(-c3ccn(C)n3)c2n1. The number of carbonyl (C=O) groups excluding carboxylic acids is 1. The van der Waals surface area contributed by atoms with Gasteiger partial charge in [-0.05, 0) is 23.3 Å². The van der Waals surface area contributed by atoms with Crippen LogP contribution in [0.2, 0.25) is 0 Å². The Morgan fingerprint density at radius 2 is 1.92 bits per heavy atom. The summed E-state index contributed by atoms with van der Waals surface area (Å²) in [5.41, 5.74) is 5.51. The average molecular weight is 345 g/mol. The van der Waals surface area contributed by atoms with Crippen molar-refractivity contribution < 1.29 is 4.79 Å². The highest BCUT2D eigenvalue weighted by Crippen LogP contribution is 2.29. The largest absolute Gasteiger partial charge is 0.359 e. The van der Waals surface area contributed by atoms with Gasteiger partial charge >= 0.3 is 0 Å². The van der Waals surface area contributed by atoms with Gasteiger partial charge in [0.2, 0.25) is 5.91 Å². The van der Waals surface area contributed by atoms with E-state index in [0.717, 1.165) is 33.7 Å². The van der Waals surface area contributed by atoms with Crippen molar-refractivity contribution in [1.82, 2.24) is 24.5 Å². The maximum Gasteiger partial charge on any atom is 0.225 e. The highest BCUT2D eigenvalue weighted by molar-refractivity contribution is 5.82. The zero-order valence-electron chi connectivity index (χ0n) is 14.7. The molecule has 26 heavy (non-hydrogen) atoms. The van der Waals surface area contributed by atoms with E-state index in [9.17, 15) is 4.79 Å². The van der Waals surface area contributed by atoms with Crippen molar-refractivity contribution in [3.63, 3.8) is 0 Å². The fourth-order valence-electron chi connectivity index (χ4n) is 3.02. The Morgan fingerprint density at radius 3 is 2.62 bits per heavy atom. The Balaban J connectivity index is 1.91. The fourth-order valence-corrected chi connectivity index (χ4v) is 3.02. The van der Waals surface area contributed by atoms with Gasteiger partial charge < -0.3 is 9.72 Å². The van der Waals surface area contributed by atoms with E-state index in [1.807, 2.05) is 54.3 Å². The molecule has 0 fully saturated rings. The molecule has 0 spiro atoms. The number of hydrogen-bond donors (Lipinski definition) is 1. The van der Waals surface area contributed by atoms with Crippen LogP contribution in [0.3, 0.4) is 0 Å². The molecule has 0 aliphatic carbocycles. The summed E-state index contributed by atoms with van der Waals surface area (Å²) in [6, 6.07) is 14.3. The van der Waals surface area contributed by atoms with E-state index in [2.05, 4.69) is 33.6 Å². The number of fused-ring (bicyclic) bond motifs is 1. The van der Waals surface area contributed by atoms with Gasteiger partial charge in [-0.2, -0.15) is 5.10 Å². The Bertz CT molecular complexity index is 1080. The minimum Gasteiger partial charge on any atom is -0.359 e. The smallest absolute Gasteiger partial charge is 0.225 e. The number of aryl methyl sites for hydroxylation is 1. The second-order valence-corrected chi connectivity index (χ2v) is 6.20. The third-order valence-corrected chi connectivity index (χ3v) is 4.32. The van der Waals surface area contributed by atoms with Crippen LogP contribution in [0.25, 0.3) is 28.0 Å². The van der Waals surface area contributed by atoms with E-state index >= 15 is 0 Å². The topological polar surface area (TPSA) is 64.2 Å². The number of nitrogens with one attached hydrogen (secondary N) is 1. The first-order valence-corrected chi connectivity index (χ1v) is 8.41. The van der Waals surface area contributed by atoms with Gasteiger partial charge in [0.1, 0.15) is 5.65 Å². The molecule has 0 bridgehead atoms. The third kappa shape index (κ3) is 2.97. The molecule has 6 heteroatoms. The summed E-state index contributed by atoms with van der Waals surface area (Å²) >= 11 is 0. The normalized spacial score (nSPS) is 11.0. The highest BCUT2D eigenvalue weighted by Gasteiger charge is 2.14. The molecular weight excluding hydrogens is 326 g/mol. The molecule has 0 aliphatic rings. The number of nitrogens with zero attached hydrogens (tertiary/aromatic N) is 4. The first-order valence-electron chi connectivity index (χ1n) is 8.41. The monoisotopic (exact) mass is 345 g/mol. The van der Waals surface area contributed by atoms with Crippen LogP contribution < -0.4 is 5.32 Å². The highest BCUT2D eigenvalue weighted by atomic mass is 16.1. The fraction of sp³-hybridized carbons (Fsp3) is 0.150. The number of pyridine rings is 1. The second kappa shape index (κ2) is 6.48. The van der Waals surface area contributed by atoms with Crippen LogP contribution in [-0.2, 0) is 18.3 Å². The summed E-state index contributed by atoms with van der Waals surface area (Å²) in [5.74, 6) is -0.0592. The molecule has 6 nitrogen and oxygen atoms in total. The predicted molar refractivity (Wildman–Crippen MR) is 101 cm³/mol. The number of carbonyl (C=O) groups is 1. The number of benzene rings is 1. The molecule has 0 unspecified atom stereocenters. The standard InChI is InChI=1S/C20H19N5O/c1-21-19(26)11-16-13-25-12-15(14-6-4-3-5-7-14)10-17(20(25)22-16)18-8-9-24(2)23-18/h3-10,12-13H,11H2,1-2H3,(H,21,26). The van der Waals surface area contributed by atoms with Gasteiger partial charge in [-0.25, -0.2) is 4.98 Å². The Hall–Kier alpha value is -3.41. The van der Waals surface area contributed by atoms with Gasteiger partial charge in [-0.15, -0.1) is 0 Å². The van der Waals surface area contributed by atoms with Crippen molar-refractivity contribution in [2.24, 2.45) is 7.05 Å². The molecule has 0 aliphatic heterocycles. The summed E-state index contributed by atoms with van der Waals surface area (Å²) in [4.78, 5) is 16.4. The van der Waals surface area contributed by atoms with Crippen molar-refractivity contribution in [3.8, 4) is 22.4 Å². The molecular formula is C20H19N5O. The maximum absolute atomic E-state index is 11.7. The molecule has 1 aromatic carbocycles. The van der Waals surface area contributed by atoms with E-state index < -0.39 is 0 Å². The second-order valence-electron chi connectivity index (χ2n) is 6.20. The maximum atomic E-state index is 11.7. The van der Waals surface area contributed by atoms with E-state index in [-0.39, 0.29) is 12.3 Å². The summed E-state index contributed by atoms with van der Waals surface area (Å²) < 4.78 is 3.75. The van der Waals surface area contributed by atoms with Crippen LogP contribution in [-0.4, -0.2) is 32.1 Å². The molecule has 130 valence electrons. The first kappa shape index (κ1) is 16.1. The van der Waals surface area contributed by atoms with Crippen LogP contribution in [0.15, 0.2) is 61.1 Å². The lowest BCUT2D eigenvalue weighted by molar-refractivity contribution is -0.120. The summed E-state index contributed by atoms with van der Waals surface area (Å²) in [7, 11) is 3.52. The van der Waals surface area contributed by atoms with Crippen LogP contribution >= 0.6 is 0 Å². The molecule has 3 heterocycles. The molecule has 1 amide bonds. The molecule has 0 atom stereocenters. The summed E-state index contributed by atoms with van der Waals surface area (Å²) in [5, 5.41) is 7.18. The van der Waals surface area contributed by atoms with E-state index in [1.54, 1.807) is 11.7 Å². The Labute approximate surface area is 151 Å². The van der Waals surface area contributed by atoms with E-state index in [0.29, 0.717) is 0 Å². The van der Waals surface area contributed by atoms with Crippen molar-refractivity contribution in [3.05, 3.63) is 66.7 Å². The van der Waals surface area contributed by atoms with Gasteiger partial charge in [-0.1, -0.05) is 30.3 Å². The molecule has 1 N–H and O–H groups in total. The van der Waals surface area contributed by atoms with Crippen LogP contribution in [0, 0.1) is 0 Å². The molecule has 4 rings (SSSR count). The van der Waals surface area contributed by atoms with E-state index in [1.165, 1.54) is 0 Å². The van der Waals surface area contributed by atoms with Crippen molar-refractivity contribution in [2.45, 2.75) is 6.42 Å². The van der Waals surface area contributed by atoms with Gasteiger partial charge in [-0.3, -0.25) is 9.48 Å². The molecule has 3 aromatic heterocycles. The van der Waals surface area contributed by atoms with Crippen molar-refractivity contribution >= 4 is 11.6 Å². The van der Waals surface area contributed by atoms with Gasteiger partial charge in [0.05, 0.1) is 17.8 Å². The molecule has 4 aromatic rings. The zero-order valence-corrected chi connectivity index (χ0v) is 14.7. The molecule has 0 saturated carbocycles. The minimum absolute atomic E-state index is 0.0592. The van der Waals surface area contributed by atoms with Gasteiger partial charge in [0.25, 0.3) is 0 Å². The van der Waals surface area contributed by atoms with Crippen LogP contribution in [0.5, 0.6) is 0 Å². The van der Waals surface area contributed by atoms with Crippen molar-refractivity contribution in [2.75, 3.05) is 7.05 Å². The number of likely N-dealkylation sites (N-methyl/N-ethyl adjacent to an activating group) is 1. The number of imidazole rings is 1. The lowest BCUT2D eigenvalue weighted by Gasteiger charge is -2.07. The molecule has 0 saturated heterocycles. The average Bonchev–Trinajstić information content (AvgIpc) is 3.27. The summed E-state index contributed by atoms with van der Waals surface area (Å²) in [6.07, 6.45) is 6.11. The predicted octanol–water partition coefficient (Wildman–Crippen LogP) is 2.69. The van der Waals surface area contributed by atoms with Crippen LogP contribution in [0.1, 0.15) is 5.69 Å². The molecule has 0 radical (unpaired) electrons. The number of amides is 1.